The van der Waals surface area contributed by atoms with Crippen molar-refractivity contribution in [1.29, 1.82) is 0 Å². The Morgan fingerprint density at radius 3 is 2.67 bits per heavy atom. The Balaban J connectivity index is 1.43. The van der Waals surface area contributed by atoms with Gasteiger partial charge in [-0.15, -0.1) is 0 Å². The molecule has 2 aliphatic rings. The lowest BCUT2D eigenvalue weighted by molar-refractivity contribution is -0.146. The maximum atomic E-state index is 13.3. The molecule has 0 bridgehead atoms. The van der Waals surface area contributed by atoms with Gasteiger partial charge in [0.15, 0.2) is 6.61 Å². The normalized spacial score (nSPS) is 21.4. The minimum atomic E-state index is -0.494. The molecular formula is C26H26N2O5. The third-order valence-electron chi connectivity index (χ3n) is 6.10. The number of aromatic nitrogens is 1. The van der Waals surface area contributed by atoms with Crippen LogP contribution >= 0.6 is 0 Å². The predicted molar refractivity (Wildman–Crippen MR) is 124 cm³/mol. The Morgan fingerprint density at radius 2 is 1.91 bits per heavy atom. The zero-order valence-corrected chi connectivity index (χ0v) is 18.7. The number of ether oxygens (including phenoxy) is 2. The Labute approximate surface area is 192 Å². The Kier molecular flexibility index (Phi) is 5.72. The molecule has 1 saturated heterocycles. The lowest BCUT2D eigenvalue weighted by atomic mass is 10.0. The molecule has 0 unspecified atom stereocenters. The number of carbonyl (C=O) groups excluding carboxylic acids is 2. The number of morpholine rings is 1. The summed E-state index contributed by atoms with van der Waals surface area (Å²) in [6.45, 7) is 4.56. The van der Waals surface area contributed by atoms with Gasteiger partial charge in [0.25, 0.3) is 5.91 Å². The van der Waals surface area contributed by atoms with Gasteiger partial charge < -0.3 is 18.8 Å². The molecule has 170 valence electrons. The average Bonchev–Trinajstić information content (AvgIpc) is 3.45. The molecule has 1 fully saturated rings. The molecule has 1 aliphatic heterocycles. The third-order valence-corrected chi connectivity index (χ3v) is 6.10. The summed E-state index contributed by atoms with van der Waals surface area (Å²) in [6.07, 6.45) is 4.94. The fourth-order valence-electron chi connectivity index (χ4n) is 4.73. The number of nitrogens with zero attached hydrogens (tertiary/aromatic N) is 2. The van der Waals surface area contributed by atoms with Gasteiger partial charge in [-0.2, -0.15) is 0 Å². The van der Waals surface area contributed by atoms with Crippen molar-refractivity contribution in [2.24, 2.45) is 0 Å². The lowest BCUT2D eigenvalue weighted by Crippen LogP contribution is -2.49. The monoisotopic (exact) mass is 446 g/mol. The number of rotatable bonds is 4. The van der Waals surface area contributed by atoms with E-state index in [2.05, 4.69) is 0 Å². The van der Waals surface area contributed by atoms with E-state index in [1.165, 1.54) is 0 Å². The summed E-state index contributed by atoms with van der Waals surface area (Å²) < 4.78 is 16.7. The number of benzene rings is 1. The van der Waals surface area contributed by atoms with Crippen LogP contribution in [0, 0.1) is 0 Å². The van der Waals surface area contributed by atoms with Crippen molar-refractivity contribution in [2.75, 3.05) is 19.7 Å². The van der Waals surface area contributed by atoms with E-state index in [9.17, 15) is 9.59 Å². The summed E-state index contributed by atoms with van der Waals surface area (Å²) in [6, 6.07) is 11.3. The molecule has 0 N–H and O–H groups in total. The van der Waals surface area contributed by atoms with Crippen LogP contribution in [-0.2, 0) is 20.7 Å². The fourth-order valence-corrected chi connectivity index (χ4v) is 4.73. The summed E-state index contributed by atoms with van der Waals surface area (Å²) in [7, 11) is 0. The second kappa shape index (κ2) is 8.83. The minimum Gasteiger partial charge on any atom is -0.465 e. The van der Waals surface area contributed by atoms with Crippen molar-refractivity contribution in [2.45, 2.75) is 38.9 Å². The second-order valence-electron chi connectivity index (χ2n) is 8.65. The number of esters is 1. The van der Waals surface area contributed by atoms with Crippen molar-refractivity contribution in [1.82, 2.24) is 9.88 Å². The minimum absolute atomic E-state index is 0.0415. The van der Waals surface area contributed by atoms with E-state index in [0.717, 1.165) is 39.9 Å². The van der Waals surface area contributed by atoms with Gasteiger partial charge in [0, 0.05) is 18.5 Å². The van der Waals surface area contributed by atoms with Crippen molar-refractivity contribution >= 4 is 34.4 Å². The highest BCUT2D eigenvalue weighted by atomic mass is 16.5. The molecule has 2 aromatic heterocycles. The zero-order valence-electron chi connectivity index (χ0n) is 18.7. The molecular weight excluding hydrogens is 420 g/mol. The van der Waals surface area contributed by atoms with Crippen LogP contribution in [0.3, 0.4) is 0 Å². The van der Waals surface area contributed by atoms with Crippen LogP contribution in [0.4, 0.5) is 0 Å². The molecule has 3 heterocycles. The molecule has 5 rings (SSSR count). The summed E-state index contributed by atoms with van der Waals surface area (Å²) in [4.78, 5) is 32.5. The highest BCUT2D eigenvalue weighted by Gasteiger charge is 2.30. The topological polar surface area (TPSA) is 81.9 Å². The van der Waals surface area contributed by atoms with Gasteiger partial charge in [-0.25, -0.2) is 9.78 Å². The molecule has 1 amide bonds. The maximum Gasteiger partial charge on any atom is 0.339 e. The molecule has 7 heteroatoms. The van der Waals surface area contributed by atoms with Crippen LogP contribution in [0.25, 0.3) is 22.6 Å². The van der Waals surface area contributed by atoms with Gasteiger partial charge in [0.2, 0.25) is 0 Å². The fraction of sp³-hybridized carbons (Fsp3) is 0.346. The molecule has 0 radical (unpaired) electrons. The summed E-state index contributed by atoms with van der Waals surface area (Å²) >= 11 is 0. The van der Waals surface area contributed by atoms with Gasteiger partial charge in [-0.3, -0.25) is 4.79 Å². The highest BCUT2D eigenvalue weighted by molar-refractivity contribution is 6.07. The first-order valence-electron chi connectivity index (χ1n) is 11.3. The highest BCUT2D eigenvalue weighted by Crippen LogP contribution is 2.37. The van der Waals surface area contributed by atoms with Crippen molar-refractivity contribution in [3.63, 3.8) is 0 Å². The smallest absolute Gasteiger partial charge is 0.339 e. The van der Waals surface area contributed by atoms with Gasteiger partial charge in [0.1, 0.15) is 5.76 Å². The van der Waals surface area contributed by atoms with E-state index in [4.69, 9.17) is 18.9 Å². The average molecular weight is 447 g/mol. The number of allylic oxidation sites excluding steroid dienone is 1. The van der Waals surface area contributed by atoms with E-state index in [1.54, 1.807) is 11.2 Å². The summed E-state index contributed by atoms with van der Waals surface area (Å²) in [5, 5.41) is 0.738. The van der Waals surface area contributed by atoms with Crippen molar-refractivity contribution in [3.8, 4) is 0 Å². The first kappa shape index (κ1) is 21.4. The maximum absolute atomic E-state index is 13.3. The van der Waals surface area contributed by atoms with Gasteiger partial charge >= 0.3 is 5.97 Å². The number of furan rings is 1. The van der Waals surface area contributed by atoms with Crippen LogP contribution in [0.2, 0.25) is 0 Å². The van der Waals surface area contributed by atoms with Gasteiger partial charge in [-0.05, 0) is 62.1 Å². The third kappa shape index (κ3) is 4.28. The summed E-state index contributed by atoms with van der Waals surface area (Å²) in [5.74, 6) is 0.0436. The molecule has 7 nitrogen and oxygen atoms in total. The number of hydrogen-bond donors (Lipinski definition) is 0. The molecule has 0 spiro atoms. The number of hydrogen-bond acceptors (Lipinski definition) is 6. The van der Waals surface area contributed by atoms with Crippen molar-refractivity contribution < 1.29 is 23.5 Å². The number of para-hydroxylation sites is 1. The predicted octanol–water partition coefficient (Wildman–Crippen LogP) is 4.11. The number of pyridine rings is 1. The molecule has 1 aliphatic carbocycles. The van der Waals surface area contributed by atoms with Gasteiger partial charge in [0.05, 0.1) is 35.2 Å². The van der Waals surface area contributed by atoms with E-state index in [1.807, 2.05) is 56.3 Å². The summed E-state index contributed by atoms with van der Waals surface area (Å²) in [5.41, 5.74) is 3.89. The largest absolute Gasteiger partial charge is 0.465 e. The first-order chi connectivity index (χ1) is 16.0. The van der Waals surface area contributed by atoms with Crippen LogP contribution in [-0.4, -0.2) is 53.7 Å². The van der Waals surface area contributed by atoms with E-state index in [-0.39, 0.29) is 24.7 Å². The Morgan fingerprint density at radius 1 is 1.12 bits per heavy atom. The molecule has 2 atom stereocenters. The van der Waals surface area contributed by atoms with Crippen LogP contribution in [0.15, 0.2) is 47.1 Å². The van der Waals surface area contributed by atoms with Gasteiger partial charge in [-0.1, -0.05) is 18.2 Å². The number of carbonyl (C=O) groups is 2. The SMILES string of the molecule is C[C@@H]1CN(C(=O)COC(=O)c2c3c(nc4ccccc24)/C(=C\c2ccco2)CC3)C[C@@H](C)O1. The molecule has 1 aromatic carbocycles. The van der Waals surface area contributed by atoms with E-state index >= 15 is 0 Å². The lowest BCUT2D eigenvalue weighted by Gasteiger charge is -2.35. The van der Waals surface area contributed by atoms with E-state index < -0.39 is 5.97 Å². The zero-order chi connectivity index (χ0) is 22.9. The van der Waals surface area contributed by atoms with Crippen LogP contribution in [0.1, 0.15) is 47.6 Å². The quantitative estimate of drug-likeness (QED) is 0.561. The molecule has 3 aromatic rings. The van der Waals surface area contributed by atoms with E-state index in [0.29, 0.717) is 25.1 Å². The van der Waals surface area contributed by atoms with Crippen LogP contribution in [0.5, 0.6) is 0 Å². The number of amides is 1. The number of fused-ring (bicyclic) bond motifs is 2. The first-order valence-corrected chi connectivity index (χ1v) is 11.3. The standard InChI is InChI=1S/C26H26N2O5/c1-16-13-28(14-17(2)33-16)23(29)15-32-26(30)24-20-7-3-4-8-22(20)27-25-18(9-10-21(24)25)12-19-6-5-11-31-19/h3-8,11-12,16-17H,9-10,13-15H2,1-2H3/b18-12-/t16-,17-/m1/s1. The Bertz CT molecular complexity index is 1220. The molecule has 0 saturated carbocycles. The molecule has 33 heavy (non-hydrogen) atoms. The van der Waals surface area contributed by atoms with Crippen molar-refractivity contribution in [3.05, 3.63) is 65.2 Å². The van der Waals surface area contributed by atoms with Crippen LogP contribution < -0.4 is 0 Å². The second-order valence-corrected chi connectivity index (χ2v) is 8.65. The Hall–Kier alpha value is -3.45.